The zero-order valence-corrected chi connectivity index (χ0v) is 13.7. The first-order valence-corrected chi connectivity index (χ1v) is 7.53. The van der Waals surface area contributed by atoms with Gasteiger partial charge in [-0.25, -0.2) is 0 Å². The standard InChI is InChI=1S/C19H23NO2/c1-13-6-5-7-17(12-13)19(21)20-10-11-22-18-15(3)9-8-14(2)16(18)4/h5-9,12H,10-11H2,1-4H3,(H,20,21). The summed E-state index contributed by atoms with van der Waals surface area (Å²) in [7, 11) is 0. The average Bonchev–Trinajstić information content (AvgIpc) is 2.50. The lowest BCUT2D eigenvalue weighted by Gasteiger charge is -2.14. The molecule has 0 atom stereocenters. The van der Waals surface area contributed by atoms with Crippen LogP contribution in [0.5, 0.6) is 5.75 Å². The first kappa shape index (κ1) is 16.1. The van der Waals surface area contributed by atoms with Gasteiger partial charge in [0.1, 0.15) is 12.4 Å². The maximum absolute atomic E-state index is 12.0. The molecule has 2 aromatic carbocycles. The number of rotatable bonds is 5. The molecule has 0 heterocycles. The molecular weight excluding hydrogens is 274 g/mol. The second kappa shape index (κ2) is 7.12. The average molecular weight is 297 g/mol. The summed E-state index contributed by atoms with van der Waals surface area (Å²) >= 11 is 0. The Labute approximate surface area is 132 Å². The summed E-state index contributed by atoms with van der Waals surface area (Å²) in [5.74, 6) is 0.856. The van der Waals surface area contributed by atoms with Crippen molar-refractivity contribution in [3.8, 4) is 5.75 Å². The summed E-state index contributed by atoms with van der Waals surface area (Å²) in [6.45, 7) is 9.09. The van der Waals surface area contributed by atoms with Crippen molar-refractivity contribution in [2.75, 3.05) is 13.2 Å². The van der Waals surface area contributed by atoms with Crippen molar-refractivity contribution in [3.63, 3.8) is 0 Å². The smallest absolute Gasteiger partial charge is 0.251 e. The molecule has 0 aliphatic carbocycles. The topological polar surface area (TPSA) is 38.3 Å². The maximum atomic E-state index is 12.0. The Balaban J connectivity index is 1.88. The van der Waals surface area contributed by atoms with Crippen LogP contribution in [0.4, 0.5) is 0 Å². The molecule has 1 amide bonds. The number of aryl methyl sites for hydroxylation is 3. The van der Waals surface area contributed by atoms with Gasteiger partial charge in [0.2, 0.25) is 0 Å². The van der Waals surface area contributed by atoms with Crippen LogP contribution in [-0.2, 0) is 0 Å². The second-order valence-corrected chi connectivity index (χ2v) is 5.63. The van der Waals surface area contributed by atoms with Gasteiger partial charge in [-0.15, -0.1) is 0 Å². The summed E-state index contributed by atoms with van der Waals surface area (Å²) in [5, 5.41) is 2.89. The second-order valence-electron chi connectivity index (χ2n) is 5.63. The molecule has 2 aromatic rings. The van der Waals surface area contributed by atoms with Crippen LogP contribution in [-0.4, -0.2) is 19.1 Å². The zero-order valence-electron chi connectivity index (χ0n) is 13.7. The molecule has 3 heteroatoms. The number of amides is 1. The quantitative estimate of drug-likeness (QED) is 0.854. The SMILES string of the molecule is Cc1cccc(C(=O)NCCOc2c(C)ccc(C)c2C)c1. The van der Waals surface area contributed by atoms with Crippen LogP contribution in [0.25, 0.3) is 0 Å². The molecule has 0 radical (unpaired) electrons. The number of hydrogen-bond acceptors (Lipinski definition) is 2. The van der Waals surface area contributed by atoms with Crippen LogP contribution in [0.3, 0.4) is 0 Å². The fourth-order valence-electron chi connectivity index (χ4n) is 2.35. The number of benzene rings is 2. The van der Waals surface area contributed by atoms with E-state index in [1.807, 2.05) is 38.1 Å². The molecule has 0 aromatic heterocycles. The monoisotopic (exact) mass is 297 g/mol. The van der Waals surface area contributed by atoms with Gasteiger partial charge < -0.3 is 10.1 Å². The van der Waals surface area contributed by atoms with E-state index >= 15 is 0 Å². The highest BCUT2D eigenvalue weighted by molar-refractivity contribution is 5.94. The van der Waals surface area contributed by atoms with Crippen molar-refractivity contribution < 1.29 is 9.53 Å². The number of carbonyl (C=O) groups is 1. The van der Waals surface area contributed by atoms with E-state index in [-0.39, 0.29) is 5.91 Å². The molecule has 0 saturated heterocycles. The van der Waals surface area contributed by atoms with Crippen LogP contribution in [0.1, 0.15) is 32.6 Å². The summed E-state index contributed by atoms with van der Waals surface area (Å²) in [4.78, 5) is 12.0. The van der Waals surface area contributed by atoms with E-state index in [1.54, 1.807) is 0 Å². The van der Waals surface area contributed by atoms with Crippen molar-refractivity contribution in [1.82, 2.24) is 5.32 Å². The summed E-state index contributed by atoms with van der Waals surface area (Å²) in [6.07, 6.45) is 0. The molecule has 2 rings (SSSR count). The van der Waals surface area contributed by atoms with E-state index in [0.717, 1.165) is 22.4 Å². The minimum atomic E-state index is -0.0648. The molecule has 0 aliphatic rings. The van der Waals surface area contributed by atoms with Crippen LogP contribution in [0.2, 0.25) is 0 Å². The highest BCUT2D eigenvalue weighted by Crippen LogP contribution is 2.25. The van der Waals surface area contributed by atoms with Gasteiger partial charge in [-0.2, -0.15) is 0 Å². The van der Waals surface area contributed by atoms with Gasteiger partial charge >= 0.3 is 0 Å². The van der Waals surface area contributed by atoms with Crippen molar-refractivity contribution in [2.24, 2.45) is 0 Å². The third kappa shape index (κ3) is 3.88. The Kier molecular flexibility index (Phi) is 5.21. The largest absolute Gasteiger partial charge is 0.491 e. The van der Waals surface area contributed by atoms with Crippen molar-refractivity contribution in [3.05, 3.63) is 64.2 Å². The maximum Gasteiger partial charge on any atom is 0.251 e. The van der Waals surface area contributed by atoms with Gasteiger partial charge in [-0.3, -0.25) is 4.79 Å². The van der Waals surface area contributed by atoms with E-state index in [2.05, 4.69) is 31.3 Å². The van der Waals surface area contributed by atoms with E-state index < -0.39 is 0 Å². The van der Waals surface area contributed by atoms with E-state index in [1.165, 1.54) is 5.56 Å². The minimum Gasteiger partial charge on any atom is -0.491 e. The van der Waals surface area contributed by atoms with Crippen LogP contribution in [0.15, 0.2) is 36.4 Å². The Morgan fingerprint density at radius 2 is 1.77 bits per heavy atom. The highest BCUT2D eigenvalue weighted by Gasteiger charge is 2.07. The molecule has 0 unspecified atom stereocenters. The molecule has 22 heavy (non-hydrogen) atoms. The van der Waals surface area contributed by atoms with Gasteiger partial charge in [0, 0.05) is 5.56 Å². The number of nitrogens with one attached hydrogen (secondary N) is 1. The lowest BCUT2D eigenvalue weighted by molar-refractivity contribution is 0.0947. The van der Waals surface area contributed by atoms with E-state index in [4.69, 9.17) is 4.74 Å². The number of ether oxygens (including phenoxy) is 1. The van der Waals surface area contributed by atoms with Crippen molar-refractivity contribution in [1.29, 1.82) is 0 Å². The van der Waals surface area contributed by atoms with Gasteiger partial charge in [0.15, 0.2) is 0 Å². The van der Waals surface area contributed by atoms with Crippen molar-refractivity contribution >= 4 is 5.91 Å². The van der Waals surface area contributed by atoms with Gasteiger partial charge in [-0.05, 0) is 56.5 Å². The number of carbonyl (C=O) groups excluding carboxylic acids is 1. The van der Waals surface area contributed by atoms with Crippen molar-refractivity contribution in [2.45, 2.75) is 27.7 Å². The third-order valence-electron chi connectivity index (χ3n) is 3.79. The Morgan fingerprint density at radius 3 is 2.50 bits per heavy atom. The van der Waals surface area contributed by atoms with Crippen LogP contribution >= 0.6 is 0 Å². The summed E-state index contributed by atoms with van der Waals surface area (Å²) < 4.78 is 5.84. The predicted octanol–water partition coefficient (Wildman–Crippen LogP) is 3.73. The van der Waals surface area contributed by atoms with E-state index in [9.17, 15) is 4.79 Å². The Morgan fingerprint density at radius 1 is 1.05 bits per heavy atom. The fourth-order valence-corrected chi connectivity index (χ4v) is 2.35. The lowest BCUT2D eigenvalue weighted by atomic mass is 10.1. The summed E-state index contributed by atoms with van der Waals surface area (Å²) in [6, 6.07) is 11.7. The molecular formula is C19H23NO2. The molecule has 0 aliphatic heterocycles. The molecule has 1 N–H and O–H groups in total. The first-order valence-electron chi connectivity index (χ1n) is 7.53. The molecule has 0 fully saturated rings. The van der Waals surface area contributed by atoms with Gasteiger partial charge in [0.25, 0.3) is 5.91 Å². The molecule has 0 saturated carbocycles. The summed E-state index contributed by atoms with van der Waals surface area (Å²) in [5.41, 5.74) is 5.25. The Bertz CT molecular complexity index is 677. The lowest BCUT2D eigenvalue weighted by Crippen LogP contribution is -2.28. The normalized spacial score (nSPS) is 10.4. The van der Waals surface area contributed by atoms with Gasteiger partial charge in [-0.1, -0.05) is 29.8 Å². The first-order chi connectivity index (χ1) is 10.5. The van der Waals surface area contributed by atoms with E-state index in [0.29, 0.717) is 18.7 Å². The third-order valence-corrected chi connectivity index (χ3v) is 3.79. The van der Waals surface area contributed by atoms with Crippen LogP contribution in [0, 0.1) is 27.7 Å². The Hall–Kier alpha value is -2.29. The zero-order chi connectivity index (χ0) is 16.1. The predicted molar refractivity (Wildman–Crippen MR) is 89.7 cm³/mol. The highest BCUT2D eigenvalue weighted by atomic mass is 16.5. The molecule has 116 valence electrons. The minimum absolute atomic E-state index is 0.0648. The van der Waals surface area contributed by atoms with Gasteiger partial charge in [0.05, 0.1) is 6.54 Å². The molecule has 0 bridgehead atoms. The molecule has 0 spiro atoms. The number of hydrogen-bond donors (Lipinski definition) is 1. The van der Waals surface area contributed by atoms with Crippen LogP contribution < -0.4 is 10.1 Å². The fraction of sp³-hybridized carbons (Fsp3) is 0.316. The molecule has 3 nitrogen and oxygen atoms in total.